The van der Waals surface area contributed by atoms with Crippen LogP contribution >= 0.6 is 0 Å². The van der Waals surface area contributed by atoms with E-state index in [2.05, 4.69) is 9.97 Å². The average Bonchev–Trinajstić information content (AvgIpc) is 2.05. The quantitative estimate of drug-likeness (QED) is 0.687. The molecule has 1 heterocycles. The molecule has 3 heteroatoms. The van der Waals surface area contributed by atoms with Crippen molar-refractivity contribution in [3.8, 4) is 0 Å². The van der Waals surface area contributed by atoms with Crippen LogP contribution in [-0.4, -0.2) is 9.97 Å². The zero-order chi connectivity index (χ0) is 8.27. The van der Waals surface area contributed by atoms with Gasteiger partial charge in [0, 0.05) is 18.7 Å². The van der Waals surface area contributed by atoms with Crippen LogP contribution in [0.15, 0.2) is 12.3 Å². The minimum atomic E-state index is 0.00306. The largest absolute Gasteiger partial charge is 0.323 e. The molecule has 1 unspecified atom stereocenters. The summed E-state index contributed by atoms with van der Waals surface area (Å²) in [6.45, 7) is 3.95. The number of aromatic nitrogens is 2. The minimum Gasteiger partial charge on any atom is -0.323 e. The monoisotopic (exact) mass is 151 g/mol. The van der Waals surface area contributed by atoms with Gasteiger partial charge in [0.25, 0.3) is 0 Å². The van der Waals surface area contributed by atoms with Crippen molar-refractivity contribution in [1.29, 1.82) is 0 Å². The van der Waals surface area contributed by atoms with E-state index in [1.807, 2.05) is 19.9 Å². The van der Waals surface area contributed by atoms with Crippen LogP contribution in [0, 0.1) is 0 Å². The van der Waals surface area contributed by atoms with Crippen molar-refractivity contribution in [1.82, 2.24) is 9.97 Å². The molecular weight excluding hydrogens is 138 g/mol. The van der Waals surface area contributed by atoms with E-state index in [4.69, 9.17) is 5.73 Å². The lowest BCUT2D eigenvalue weighted by Gasteiger charge is -2.04. The third-order valence-corrected chi connectivity index (χ3v) is 1.51. The standard InChI is InChI=1S/C8H13N3/c1-3-8-10-5-4-7(11-8)6(2)9/h4-6H,3,9H2,1-2H3. The van der Waals surface area contributed by atoms with Gasteiger partial charge in [0.05, 0.1) is 5.69 Å². The van der Waals surface area contributed by atoms with Crippen LogP contribution in [0.25, 0.3) is 0 Å². The molecular formula is C8H13N3. The zero-order valence-corrected chi connectivity index (χ0v) is 6.91. The van der Waals surface area contributed by atoms with Gasteiger partial charge in [-0.3, -0.25) is 0 Å². The van der Waals surface area contributed by atoms with Crippen molar-refractivity contribution >= 4 is 0 Å². The molecule has 2 N–H and O–H groups in total. The Kier molecular flexibility index (Phi) is 2.54. The van der Waals surface area contributed by atoms with Gasteiger partial charge in [-0.15, -0.1) is 0 Å². The summed E-state index contributed by atoms with van der Waals surface area (Å²) in [4.78, 5) is 8.33. The van der Waals surface area contributed by atoms with Crippen LogP contribution in [0.5, 0.6) is 0 Å². The number of aryl methyl sites for hydroxylation is 1. The lowest BCUT2D eigenvalue weighted by atomic mass is 10.2. The van der Waals surface area contributed by atoms with Crippen LogP contribution in [0.2, 0.25) is 0 Å². The molecule has 60 valence electrons. The molecule has 0 bridgehead atoms. The molecule has 0 spiro atoms. The SMILES string of the molecule is CCc1nccc(C(C)N)n1. The summed E-state index contributed by atoms with van der Waals surface area (Å²) in [5.41, 5.74) is 6.56. The first kappa shape index (κ1) is 8.14. The second-order valence-electron chi connectivity index (χ2n) is 2.54. The lowest BCUT2D eigenvalue weighted by molar-refractivity contribution is 0.755. The van der Waals surface area contributed by atoms with E-state index in [1.165, 1.54) is 0 Å². The first-order chi connectivity index (χ1) is 5.24. The van der Waals surface area contributed by atoms with Gasteiger partial charge in [-0.1, -0.05) is 6.92 Å². The highest BCUT2D eigenvalue weighted by atomic mass is 14.9. The van der Waals surface area contributed by atoms with Gasteiger partial charge in [-0.2, -0.15) is 0 Å². The van der Waals surface area contributed by atoms with Crippen LogP contribution in [-0.2, 0) is 6.42 Å². The maximum absolute atomic E-state index is 5.65. The molecule has 1 atom stereocenters. The third kappa shape index (κ3) is 1.98. The van der Waals surface area contributed by atoms with Crippen LogP contribution < -0.4 is 5.73 Å². The third-order valence-electron chi connectivity index (χ3n) is 1.51. The Hall–Kier alpha value is -0.960. The second kappa shape index (κ2) is 3.44. The Labute approximate surface area is 66.7 Å². The van der Waals surface area contributed by atoms with Crippen molar-refractivity contribution in [2.45, 2.75) is 26.3 Å². The van der Waals surface area contributed by atoms with Gasteiger partial charge < -0.3 is 5.73 Å². The summed E-state index contributed by atoms with van der Waals surface area (Å²) in [7, 11) is 0. The Morgan fingerprint density at radius 3 is 2.91 bits per heavy atom. The summed E-state index contributed by atoms with van der Waals surface area (Å²) >= 11 is 0. The molecule has 0 amide bonds. The van der Waals surface area contributed by atoms with E-state index in [0.717, 1.165) is 17.9 Å². The number of hydrogen-bond acceptors (Lipinski definition) is 3. The Morgan fingerprint density at radius 1 is 1.64 bits per heavy atom. The summed E-state index contributed by atoms with van der Waals surface area (Å²) in [6.07, 6.45) is 2.62. The molecule has 0 saturated carbocycles. The van der Waals surface area contributed by atoms with E-state index in [9.17, 15) is 0 Å². The molecule has 11 heavy (non-hydrogen) atoms. The smallest absolute Gasteiger partial charge is 0.128 e. The lowest BCUT2D eigenvalue weighted by Crippen LogP contribution is -2.09. The zero-order valence-electron chi connectivity index (χ0n) is 6.91. The fourth-order valence-corrected chi connectivity index (χ4v) is 0.839. The van der Waals surface area contributed by atoms with Crippen LogP contribution in [0.1, 0.15) is 31.4 Å². The molecule has 1 aromatic rings. The summed E-state index contributed by atoms with van der Waals surface area (Å²) in [5.74, 6) is 0.861. The topological polar surface area (TPSA) is 51.8 Å². The Balaban J connectivity index is 2.91. The fourth-order valence-electron chi connectivity index (χ4n) is 0.839. The van der Waals surface area contributed by atoms with Crippen molar-refractivity contribution < 1.29 is 0 Å². The van der Waals surface area contributed by atoms with Crippen LogP contribution in [0.4, 0.5) is 0 Å². The molecule has 0 aliphatic rings. The maximum atomic E-state index is 5.65. The van der Waals surface area contributed by atoms with E-state index >= 15 is 0 Å². The molecule has 0 radical (unpaired) electrons. The van der Waals surface area contributed by atoms with Gasteiger partial charge in [-0.25, -0.2) is 9.97 Å². The molecule has 1 aromatic heterocycles. The van der Waals surface area contributed by atoms with Gasteiger partial charge in [0.2, 0.25) is 0 Å². The predicted octanol–water partition coefficient (Wildman–Crippen LogP) is 1.06. The predicted molar refractivity (Wildman–Crippen MR) is 44.0 cm³/mol. The van der Waals surface area contributed by atoms with Crippen molar-refractivity contribution in [3.63, 3.8) is 0 Å². The van der Waals surface area contributed by atoms with E-state index in [0.29, 0.717) is 0 Å². The normalized spacial score (nSPS) is 13.0. The van der Waals surface area contributed by atoms with Gasteiger partial charge in [0.1, 0.15) is 5.82 Å². The molecule has 0 aliphatic heterocycles. The van der Waals surface area contributed by atoms with Gasteiger partial charge in [0.15, 0.2) is 0 Å². The second-order valence-corrected chi connectivity index (χ2v) is 2.54. The van der Waals surface area contributed by atoms with Crippen molar-refractivity contribution in [2.24, 2.45) is 5.73 Å². The summed E-state index contributed by atoms with van der Waals surface area (Å²) in [6, 6.07) is 1.85. The van der Waals surface area contributed by atoms with Crippen molar-refractivity contribution in [3.05, 3.63) is 23.8 Å². The van der Waals surface area contributed by atoms with E-state index < -0.39 is 0 Å². The summed E-state index contributed by atoms with van der Waals surface area (Å²) < 4.78 is 0. The highest BCUT2D eigenvalue weighted by Gasteiger charge is 2.00. The average molecular weight is 151 g/mol. The van der Waals surface area contributed by atoms with Gasteiger partial charge in [-0.05, 0) is 13.0 Å². The number of nitrogens with two attached hydrogens (primary N) is 1. The van der Waals surface area contributed by atoms with E-state index in [-0.39, 0.29) is 6.04 Å². The number of nitrogens with zero attached hydrogens (tertiary/aromatic N) is 2. The molecule has 0 aliphatic carbocycles. The summed E-state index contributed by atoms with van der Waals surface area (Å²) in [5, 5.41) is 0. The first-order valence-corrected chi connectivity index (χ1v) is 3.81. The molecule has 0 fully saturated rings. The Bertz CT molecular complexity index is 233. The Morgan fingerprint density at radius 2 is 2.36 bits per heavy atom. The van der Waals surface area contributed by atoms with Gasteiger partial charge >= 0.3 is 0 Å². The fraction of sp³-hybridized carbons (Fsp3) is 0.500. The number of hydrogen-bond donors (Lipinski definition) is 1. The van der Waals surface area contributed by atoms with Crippen LogP contribution in [0.3, 0.4) is 0 Å². The molecule has 0 aromatic carbocycles. The molecule has 1 rings (SSSR count). The van der Waals surface area contributed by atoms with E-state index in [1.54, 1.807) is 6.20 Å². The highest BCUT2D eigenvalue weighted by molar-refractivity contribution is 5.05. The first-order valence-electron chi connectivity index (χ1n) is 3.81. The molecule has 3 nitrogen and oxygen atoms in total. The van der Waals surface area contributed by atoms with Crippen molar-refractivity contribution in [2.75, 3.05) is 0 Å². The maximum Gasteiger partial charge on any atom is 0.128 e. The number of rotatable bonds is 2. The minimum absolute atomic E-state index is 0.00306. The molecule has 0 saturated heterocycles. The highest BCUT2D eigenvalue weighted by Crippen LogP contribution is 2.04.